The normalized spacial score (nSPS) is 12.0. The zero-order valence-corrected chi connectivity index (χ0v) is 26.1. The summed E-state index contributed by atoms with van der Waals surface area (Å²) in [4.78, 5) is 0. The van der Waals surface area contributed by atoms with Crippen molar-refractivity contribution in [1.29, 1.82) is 0 Å². The molecule has 2 nitrogen and oxygen atoms in total. The number of ether oxygens (including phenoxy) is 1. The smallest absolute Gasteiger partial charge is 0.102 e. The lowest BCUT2D eigenvalue weighted by atomic mass is 10.0. The predicted octanol–water partition coefficient (Wildman–Crippen LogP) is 11.3. The second-order valence-corrected chi connectivity index (χ2v) is 12.5. The third-order valence-electron chi connectivity index (χ3n) is 8.10. The maximum absolute atomic E-state index is 5.96. The van der Waals surface area contributed by atoms with E-state index < -0.39 is 0 Å². The van der Waals surface area contributed by atoms with Gasteiger partial charge < -0.3 is 9.22 Å². The van der Waals surface area contributed by atoms with Gasteiger partial charge in [0.05, 0.1) is 27.2 Å². The van der Waals surface area contributed by atoms with Crippen LogP contribution in [0.4, 0.5) is 0 Å². The molecule has 0 unspecified atom stereocenters. The van der Waals surface area contributed by atoms with E-state index in [9.17, 15) is 0 Å². The standard InChI is InChI=1S/C34H72NO/c1-5-7-9-11-13-15-17-18-19-20-21-22-23-25-27-29-31-35(3,4)32-34-36-33-30-28-26-24-16-14-12-10-8-6-2/h5-34H2,1-4H3/q+1. The van der Waals surface area contributed by atoms with Crippen LogP contribution in [0.3, 0.4) is 0 Å². The minimum Gasteiger partial charge on any atom is -0.376 e. The van der Waals surface area contributed by atoms with Crippen molar-refractivity contribution in [1.82, 2.24) is 0 Å². The third kappa shape index (κ3) is 30.1. The summed E-state index contributed by atoms with van der Waals surface area (Å²) in [7, 11) is 4.77. The van der Waals surface area contributed by atoms with Gasteiger partial charge in [-0.1, -0.05) is 162 Å². The first-order valence-corrected chi connectivity index (χ1v) is 17.0. The molecular formula is C34H72NO+. The van der Waals surface area contributed by atoms with Crippen molar-refractivity contribution in [3.05, 3.63) is 0 Å². The highest BCUT2D eigenvalue weighted by atomic mass is 16.5. The van der Waals surface area contributed by atoms with Crippen molar-refractivity contribution >= 4 is 0 Å². The summed E-state index contributed by atoms with van der Waals surface area (Å²) >= 11 is 0. The molecule has 0 N–H and O–H groups in total. The van der Waals surface area contributed by atoms with Crippen LogP contribution in [0.1, 0.15) is 181 Å². The first kappa shape index (κ1) is 35.9. The zero-order chi connectivity index (χ0) is 26.4. The van der Waals surface area contributed by atoms with Gasteiger partial charge in [0, 0.05) is 6.61 Å². The summed E-state index contributed by atoms with van der Waals surface area (Å²) in [6, 6.07) is 0. The second kappa shape index (κ2) is 29.5. The number of quaternary nitrogens is 1. The van der Waals surface area contributed by atoms with E-state index in [1.165, 1.54) is 173 Å². The van der Waals surface area contributed by atoms with Crippen molar-refractivity contribution in [2.24, 2.45) is 0 Å². The Balaban J connectivity index is 3.27. The molecule has 0 fully saturated rings. The largest absolute Gasteiger partial charge is 0.376 e. The number of unbranched alkanes of at least 4 members (excludes halogenated alkanes) is 24. The predicted molar refractivity (Wildman–Crippen MR) is 164 cm³/mol. The summed E-state index contributed by atoms with van der Waals surface area (Å²) < 4.78 is 7.08. The van der Waals surface area contributed by atoms with E-state index in [0.717, 1.165) is 24.2 Å². The zero-order valence-electron chi connectivity index (χ0n) is 26.1. The van der Waals surface area contributed by atoms with Gasteiger partial charge >= 0.3 is 0 Å². The quantitative estimate of drug-likeness (QED) is 0.0665. The van der Waals surface area contributed by atoms with Gasteiger partial charge in [-0.3, -0.25) is 0 Å². The fourth-order valence-electron chi connectivity index (χ4n) is 5.31. The molecule has 0 spiro atoms. The lowest BCUT2D eigenvalue weighted by molar-refractivity contribution is -0.891. The van der Waals surface area contributed by atoms with Gasteiger partial charge in [0.1, 0.15) is 6.54 Å². The molecule has 0 radical (unpaired) electrons. The van der Waals surface area contributed by atoms with E-state index in [0.29, 0.717) is 0 Å². The van der Waals surface area contributed by atoms with Crippen LogP contribution in [-0.2, 0) is 4.74 Å². The molecule has 0 atom stereocenters. The Morgan fingerprint density at radius 1 is 0.333 bits per heavy atom. The summed E-state index contributed by atoms with van der Waals surface area (Å²) in [5.41, 5.74) is 0. The van der Waals surface area contributed by atoms with E-state index in [1.807, 2.05) is 0 Å². The van der Waals surface area contributed by atoms with Crippen LogP contribution in [-0.4, -0.2) is 44.9 Å². The van der Waals surface area contributed by atoms with Gasteiger partial charge in [-0.2, -0.15) is 0 Å². The molecule has 0 aromatic heterocycles. The number of hydrogen-bond donors (Lipinski definition) is 0. The Morgan fingerprint density at radius 2 is 0.639 bits per heavy atom. The van der Waals surface area contributed by atoms with Crippen molar-refractivity contribution < 1.29 is 9.22 Å². The van der Waals surface area contributed by atoms with Crippen LogP contribution >= 0.6 is 0 Å². The summed E-state index contributed by atoms with van der Waals surface area (Å²) in [5.74, 6) is 0. The maximum atomic E-state index is 5.96. The first-order valence-electron chi connectivity index (χ1n) is 17.0. The Morgan fingerprint density at radius 3 is 1.00 bits per heavy atom. The summed E-state index contributed by atoms with van der Waals surface area (Å²) in [6.07, 6.45) is 37.2. The van der Waals surface area contributed by atoms with E-state index in [2.05, 4.69) is 27.9 Å². The van der Waals surface area contributed by atoms with E-state index in [1.54, 1.807) is 0 Å². The van der Waals surface area contributed by atoms with Gasteiger partial charge in [-0.05, 0) is 19.3 Å². The first-order chi connectivity index (χ1) is 17.6. The van der Waals surface area contributed by atoms with Crippen LogP contribution in [0.25, 0.3) is 0 Å². The molecule has 0 aliphatic heterocycles. The Labute approximate surface area is 230 Å². The molecule has 0 amide bonds. The average molecular weight is 511 g/mol. The number of rotatable bonds is 31. The van der Waals surface area contributed by atoms with Gasteiger partial charge in [0.2, 0.25) is 0 Å². The number of likely N-dealkylation sites (N-methyl/N-ethyl adjacent to an activating group) is 1. The summed E-state index contributed by atoms with van der Waals surface area (Å²) in [5, 5.41) is 0. The highest BCUT2D eigenvalue weighted by Crippen LogP contribution is 2.14. The van der Waals surface area contributed by atoms with Crippen LogP contribution in [0.15, 0.2) is 0 Å². The molecular weight excluding hydrogens is 438 g/mol. The van der Waals surface area contributed by atoms with Crippen molar-refractivity contribution in [3.8, 4) is 0 Å². The molecule has 0 aliphatic rings. The minimum absolute atomic E-state index is 0.934. The lowest BCUT2D eigenvalue weighted by Gasteiger charge is -2.29. The highest BCUT2D eigenvalue weighted by molar-refractivity contribution is 4.51. The molecule has 0 heterocycles. The second-order valence-electron chi connectivity index (χ2n) is 12.5. The van der Waals surface area contributed by atoms with Crippen LogP contribution < -0.4 is 0 Å². The Kier molecular flexibility index (Phi) is 29.4. The van der Waals surface area contributed by atoms with Gasteiger partial charge in [0.25, 0.3) is 0 Å². The molecule has 0 aromatic carbocycles. The fraction of sp³-hybridized carbons (Fsp3) is 1.00. The van der Waals surface area contributed by atoms with Crippen molar-refractivity contribution in [2.75, 3.05) is 40.4 Å². The SMILES string of the molecule is CCCCCCCCCCCCCCCCCC[N+](C)(C)CCOCCCCCCCCCCCC. The van der Waals surface area contributed by atoms with Crippen molar-refractivity contribution in [2.45, 2.75) is 181 Å². The topological polar surface area (TPSA) is 9.23 Å². The van der Waals surface area contributed by atoms with Crippen LogP contribution in [0, 0.1) is 0 Å². The molecule has 36 heavy (non-hydrogen) atoms. The third-order valence-corrected chi connectivity index (χ3v) is 8.10. The molecule has 218 valence electrons. The van der Waals surface area contributed by atoms with Crippen LogP contribution in [0.5, 0.6) is 0 Å². The molecule has 2 heteroatoms. The molecule has 0 saturated heterocycles. The van der Waals surface area contributed by atoms with Crippen LogP contribution in [0.2, 0.25) is 0 Å². The molecule has 0 bridgehead atoms. The fourth-order valence-corrected chi connectivity index (χ4v) is 5.31. The van der Waals surface area contributed by atoms with E-state index >= 15 is 0 Å². The van der Waals surface area contributed by atoms with Crippen molar-refractivity contribution in [3.63, 3.8) is 0 Å². The van der Waals surface area contributed by atoms with E-state index in [-0.39, 0.29) is 0 Å². The molecule has 0 saturated carbocycles. The van der Waals surface area contributed by atoms with Gasteiger partial charge in [-0.15, -0.1) is 0 Å². The molecule has 0 aliphatic carbocycles. The molecule has 0 aromatic rings. The average Bonchev–Trinajstić information content (AvgIpc) is 2.86. The Bertz CT molecular complexity index is 395. The summed E-state index contributed by atoms with van der Waals surface area (Å²) in [6.45, 7) is 8.97. The monoisotopic (exact) mass is 511 g/mol. The Hall–Kier alpha value is -0.0800. The minimum atomic E-state index is 0.934. The highest BCUT2D eigenvalue weighted by Gasteiger charge is 2.13. The lowest BCUT2D eigenvalue weighted by Crippen LogP contribution is -2.43. The van der Waals surface area contributed by atoms with E-state index in [4.69, 9.17) is 4.74 Å². The number of hydrogen-bond acceptors (Lipinski definition) is 1. The number of nitrogens with zero attached hydrogens (tertiary/aromatic N) is 1. The maximum Gasteiger partial charge on any atom is 0.102 e. The van der Waals surface area contributed by atoms with Gasteiger partial charge in [-0.25, -0.2) is 0 Å². The van der Waals surface area contributed by atoms with Gasteiger partial charge in [0.15, 0.2) is 0 Å². The molecule has 0 rings (SSSR count).